The molecule has 0 unspecified atom stereocenters. The summed E-state index contributed by atoms with van der Waals surface area (Å²) >= 11 is 12.1. The van der Waals surface area contributed by atoms with E-state index in [1.54, 1.807) is 48.0 Å². The van der Waals surface area contributed by atoms with Gasteiger partial charge in [-0.05, 0) is 43.3 Å². The molecule has 0 N–H and O–H groups in total. The van der Waals surface area contributed by atoms with Crippen LogP contribution in [-0.4, -0.2) is 30.1 Å². The Labute approximate surface area is 220 Å². The summed E-state index contributed by atoms with van der Waals surface area (Å²) in [5.41, 5.74) is 4.50. The molecule has 3 aromatic heterocycles. The highest BCUT2D eigenvalue weighted by molar-refractivity contribution is 6.30. The zero-order valence-electron chi connectivity index (χ0n) is 19.2. The average molecular weight is 527 g/mol. The first kappa shape index (κ1) is 23.0. The first-order valence-corrected chi connectivity index (χ1v) is 11.9. The highest BCUT2D eigenvalue weighted by Crippen LogP contribution is 2.37. The predicted molar refractivity (Wildman–Crippen MR) is 141 cm³/mol. The zero-order valence-corrected chi connectivity index (χ0v) is 20.8. The van der Waals surface area contributed by atoms with Crippen LogP contribution in [0.2, 0.25) is 10.0 Å². The van der Waals surface area contributed by atoms with Crippen LogP contribution >= 0.6 is 23.2 Å². The molecule has 0 aliphatic rings. The van der Waals surface area contributed by atoms with Gasteiger partial charge in [-0.1, -0.05) is 70.8 Å². The third kappa shape index (κ3) is 4.46. The van der Waals surface area contributed by atoms with Crippen LogP contribution in [0.25, 0.3) is 39.6 Å². The number of aryl methyl sites for hydroxylation is 1. The molecule has 0 aliphatic carbocycles. The van der Waals surface area contributed by atoms with E-state index in [1.807, 2.05) is 42.5 Å². The summed E-state index contributed by atoms with van der Waals surface area (Å²) in [6, 6.07) is 24.1. The molecule has 180 valence electrons. The lowest BCUT2D eigenvalue weighted by molar-refractivity contribution is 0.447. The minimum Gasteiger partial charge on any atom is -0.334 e. The zero-order chi connectivity index (χ0) is 25.4. The molecule has 0 aliphatic heterocycles. The van der Waals surface area contributed by atoms with Gasteiger partial charge >= 0.3 is 0 Å². The molecule has 6 aromatic rings. The number of hydrogen-bond acceptors (Lipinski definition) is 8. The Kier molecular flexibility index (Phi) is 5.91. The van der Waals surface area contributed by atoms with E-state index in [0.29, 0.717) is 49.7 Å². The molecule has 0 fully saturated rings. The predicted octanol–water partition coefficient (Wildman–Crippen LogP) is 7.56. The molecule has 6 rings (SSSR count). The van der Waals surface area contributed by atoms with Gasteiger partial charge < -0.3 is 4.52 Å². The quantitative estimate of drug-likeness (QED) is 0.214. The molecule has 11 heteroatoms. The van der Waals surface area contributed by atoms with Crippen LogP contribution in [0.5, 0.6) is 0 Å². The summed E-state index contributed by atoms with van der Waals surface area (Å²) in [7, 11) is 0. The lowest BCUT2D eigenvalue weighted by atomic mass is 10.0. The second-order valence-electron chi connectivity index (χ2n) is 8.04. The Hall–Kier alpha value is -4.47. The fourth-order valence-corrected chi connectivity index (χ4v) is 4.03. The maximum absolute atomic E-state index is 6.17. The minimum absolute atomic E-state index is 0.200. The molecule has 0 bridgehead atoms. The normalized spacial score (nSPS) is 11.5. The summed E-state index contributed by atoms with van der Waals surface area (Å²) in [6.07, 6.45) is 0. The molecule has 0 saturated heterocycles. The van der Waals surface area contributed by atoms with Gasteiger partial charge in [-0.3, -0.25) is 0 Å². The molecule has 0 saturated carbocycles. The lowest BCUT2D eigenvalue weighted by Crippen LogP contribution is -2.07. The molecule has 0 radical (unpaired) electrons. The van der Waals surface area contributed by atoms with E-state index in [2.05, 4.69) is 35.7 Å². The van der Waals surface area contributed by atoms with Crippen molar-refractivity contribution < 1.29 is 4.52 Å². The Balaban J connectivity index is 1.52. The van der Waals surface area contributed by atoms with Crippen molar-refractivity contribution in [1.82, 2.24) is 30.1 Å². The Bertz CT molecular complexity index is 1740. The third-order valence-corrected chi connectivity index (χ3v) is 6.08. The summed E-state index contributed by atoms with van der Waals surface area (Å²) in [5.74, 6) is 0.501. The number of aromatic nitrogens is 6. The van der Waals surface area contributed by atoms with E-state index < -0.39 is 0 Å². The Morgan fingerprint density at radius 2 is 1.49 bits per heavy atom. The van der Waals surface area contributed by atoms with Crippen LogP contribution in [-0.2, 0) is 0 Å². The number of rotatable bonds is 5. The molecular weight excluding hydrogens is 511 g/mol. The van der Waals surface area contributed by atoms with Crippen LogP contribution in [0.15, 0.2) is 93.6 Å². The van der Waals surface area contributed by atoms with Gasteiger partial charge in [0.25, 0.3) is 11.7 Å². The SMILES string of the molecule is Cc1nnc(-n2nc3onc(-c4ccccc4)c3c2-c2ccc(Cl)cc2)nc1N=Nc1ccc(Cl)cc1. The molecular formula is C26H16Cl2N8O. The summed E-state index contributed by atoms with van der Waals surface area (Å²) < 4.78 is 7.19. The van der Waals surface area contributed by atoms with Crippen molar-refractivity contribution in [2.45, 2.75) is 6.92 Å². The lowest BCUT2D eigenvalue weighted by Gasteiger charge is -2.08. The number of fused-ring (bicyclic) bond motifs is 1. The van der Waals surface area contributed by atoms with Gasteiger partial charge in [-0.15, -0.1) is 25.5 Å². The topological polar surface area (TPSA) is 107 Å². The van der Waals surface area contributed by atoms with Crippen molar-refractivity contribution in [3.63, 3.8) is 0 Å². The fraction of sp³-hybridized carbons (Fsp3) is 0.0385. The van der Waals surface area contributed by atoms with Gasteiger partial charge in [-0.25, -0.2) is 0 Å². The van der Waals surface area contributed by atoms with Crippen LogP contribution in [0.1, 0.15) is 5.69 Å². The van der Waals surface area contributed by atoms with Gasteiger partial charge in [0.15, 0.2) is 0 Å². The second kappa shape index (κ2) is 9.53. The van der Waals surface area contributed by atoms with E-state index in [4.69, 9.17) is 27.7 Å². The average Bonchev–Trinajstić information content (AvgIpc) is 3.50. The third-order valence-electron chi connectivity index (χ3n) is 5.57. The first-order chi connectivity index (χ1) is 18.1. The molecule has 3 heterocycles. The molecule has 9 nitrogen and oxygen atoms in total. The summed E-state index contributed by atoms with van der Waals surface area (Å²) in [6.45, 7) is 1.76. The van der Waals surface area contributed by atoms with E-state index in [0.717, 1.165) is 11.1 Å². The smallest absolute Gasteiger partial charge is 0.277 e. The van der Waals surface area contributed by atoms with E-state index in [1.165, 1.54) is 0 Å². The van der Waals surface area contributed by atoms with Gasteiger partial charge in [0, 0.05) is 21.2 Å². The van der Waals surface area contributed by atoms with Gasteiger partial charge in [0.05, 0.1) is 16.8 Å². The van der Waals surface area contributed by atoms with Gasteiger partial charge in [0.1, 0.15) is 11.4 Å². The monoisotopic (exact) mass is 526 g/mol. The molecule has 0 spiro atoms. The van der Waals surface area contributed by atoms with E-state index in [-0.39, 0.29) is 5.95 Å². The van der Waals surface area contributed by atoms with E-state index in [9.17, 15) is 0 Å². The van der Waals surface area contributed by atoms with Crippen LogP contribution in [0.4, 0.5) is 11.5 Å². The van der Waals surface area contributed by atoms with Crippen molar-refractivity contribution in [1.29, 1.82) is 0 Å². The number of nitrogens with zero attached hydrogens (tertiary/aromatic N) is 8. The van der Waals surface area contributed by atoms with Crippen LogP contribution in [0.3, 0.4) is 0 Å². The second-order valence-corrected chi connectivity index (χ2v) is 8.91. The first-order valence-electron chi connectivity index (χ1n) is 11.2. The van der Waals surface area contributed by atoms with Crippen LogP contribution < -0.4 is 0 Å². The Morgan fingerprint density at radius 3 is 2.22 bits per heavy atom. The highest BCUT2D eigenvalue weighted by Gasteiger charge is 2.25. The highest BCUT2D eigenvalue weighted by atomic mass is 35.5. The largest absolute Gasteiger partial charge is 0.334 e. The van der Waals surface area contributed by atoms with Gasteiger partial charge in [0.2, 0.25) is 5.82 Å². The molecule has 3 aromatic carbocycles. The fourth-order valence-electron chi connectivity index (χ4n) is 3.78. The number of azo groups is 1. The minimum atomic E-state index is 0.200. The molecule has 0 atom stereocenters. The molecule has 0 amide bonds. The van der Waals surface area contributed by atoms with Crippen molar-refractivity contribution in [3.8, 4) is 28.5 Å². The maximum atomic E-state index is 6.17. The number of halogens is 2. The van der Waals surface area contributed by atoms with Crippen molar-refractivity contribution in [2.24, 2.45) is 10.2 Å². The van der Waals surface area contributed by atoms with Crippen LogP contribution in [0, 0.1) is 6.92 Å². The summed E-state index contributed by atoms with van der Waals surface area (Å²) in [5, 5.41) is 27.9. The number of hydrogen-bond donors (Lipinski definition) is 0. The number of benzene rings is 3. The van der Waals surface area contributed by atoms with Crippen molar-refractivity contribution >= 4 is 45.8 Å². The maximum Gasteiger partial charge on any atom is 0.277 e. The van der Waals surface area contributed by atoms with Gasteiger partial charge in [-0.2, -0.15) is 9.67 Å². The van der Waals surface area contributed by atoms with Crippen molar-refractivity contribution in [2.75, 3.05) is 0 Å². The van der Waals surface area contributed by atoms with E-state index >= 15 is 0 Å². The molecule has 37 heavy (non-hydrogen) atoms. The standard InChI is InChI=1S/C26H16Cl2N8O/c1-15-24(32-31-20-13-11-19(28)12-14-20)29-26(33-30-15)36-23(17-7-9-18(27)10-8-17)21-22(35-37-25(21)34-36)16-5-3-2-4-6-16/h2-14H,1H3. The summed E-state index contributed by atoms with van der Waals surface area (Å²) in [4.78, 5) is 4.61. The van der Waals surface area contributed by atoms with Crippen molar-refractivity contribution in [3.05, 3.63) is 94.6 Å². The Morgan fingerprint density at radius 1 is 0.784 bits per heavy atom.